The van der Waals surface area contributed by atoms with Crippen LogP contribution in [0.1, 0.15) is 5.82 Å². The molecule has 2 rings (SSSR count). The normalized spacial score (nSPS) is 23.2. The molecule has 3 nitrogen and oxygen atoms in total. The van der Waals surface area contributed by atoms with Gasteiger partial charge in [0.1, 0.15) is 5.82 Å². The lowest BCUT2D eigenvalue weighted by atomic mass is 10.1. The summed E-state index contributed by atoms with van der Waals surface area (Å²) in [5.41, 5.74) is 0. The van der Waals surface area contributed by atoms with E-state index in [0.29, 0.717) is 6.04 Å². The van der Waals surface area contributed by atoms with E-state index in [1.165, 1.54) is 23.1 Å². The number of aromatic nitrogens is 2. The Morgan fingerprint density at radius 2 is 2.50 bits per heavy atom. The van der Waals surface area contributed by atoms with Crippen LogP contribution in [0.5, 0.6) is 0 Å². The molecule has 1 aromatic heterocycles. The van der Waals surface area contributed by atoms with E-state index in [4.69, 9.17) is 0 Å². The molecule has 1 saturated heterocycles. The Labute approximate surface area is 106 Å². The predicted octanol–water partition coefficient (Wildman–Crippen LogP) is 1.40. The summed E-state index contributed by atoms with van der Waals surface area (Å²) >= 11 is 4.18. The molecule has 1 N–H and O–H groups in total. The first kappa shape index (κ1) is 12.3. The summed E-state index contributed by atoms with van der Waals surface area (Å²) in [6, 6.07) is 0.541. The quantitative estimate of drug-likeness (QED) is 0.883. The maximum Gasteiger partial charge on any atom is 0.109 e. The van der Waals surface area contributed by atoms with E-state index >= 15 is 0 Å². The number of aryl methyl sites for hydroxylation is 1. The third-order valence-corrected chi connectivity index (χ3v) is 5.90. The highest BCUT2D eigenvalue weighted by molar-refractivity contribution is 8.06. The third-order valence-electron chi connectivity index (χ3n) is 2.98. The molecule has 0 saturated carbocycles. The molecule has 0 radical (unpaired) electrons. The summed E-state index contributed by atoms with van der Waals surface area (Å²) in [6.07, 6.45) is 4.92. The Kier molecular flexibility index (Phi) is 4.61. The Hall–Kier alpha value is -0.130. The summed E-state index contributed by atoms with van der Waals surface area (Å²) in [6.45, 7) is 0. The van der Waals surface area contributed by atoms with Crippen molar-refractivity contribution in [2.45, 2.75) is 17.7 Å². The molecular formula is C11H19N3S2. The van der Waals surface area contributed by atoms with Gasteiger partial charge in [-0.15, -0.1) is 0 Å². The van der Waals surface area contributed by atoms with Gasteiger partial charge in [-0.25, -0.2) is 4.98 Å². The van der Waals surface area contributed by atoms with Gasteiger partial charge in [0.2, 0.25) is 0 Å². The molecule has 1 aliphatic rings. The zero-order valence-electron chi connectivity index (χ0n) is 9.85. The summed E-state index contributed by atoms with van der Waals surface area (Å²) in [7, 11) is 4.13. The highest BCUT2D eigenvalue weighted by Crippen LogP contribution is 2.27. The SMILES string of the molecule is CNC(Cc1nccn1C)C1CSCCS1. The third kappa shape index (κ3) is 2.96. The molecule has 2 atom stereocenters. The number of hydrogen-bond donors (Lipinski definition) is 1. The van der Waals surface area contributed by atoms with E-state index in [9.17, 15) is 0 Å². The lowest BCUT2D eigenvalue weighted by molar-refractivity contribution is 0.535. The zero-order chi connectivity index (χ0) is 11.4. The van der Waals surface area contributed by atoms with Crippen molar-refractivity contribution in [3.63, 3.8) is 0 Å². The monoisotopic (exact) mass is 257 g/mol. The smallest absolute Gasteiger partial charge is 0.109 e. The summed E-state index contributed by atoms with van der Waals surface area (Å²) in [4.78, 5) is 4.41. The van der Waals surface area contributed by atoms with Crippen LogP contribution < -0.4 is 5.32 Å². The fourth-order valence-electron chi connectivity index (χ4n) is 1.95. The fraction of sp³-hybridized carbons (Fsp3) is 0.727. The maximum absolute atomic E-state index is 4.41. The van der Waals surface area contributed by atoms with Gasteiger partial charge in [-0.1, -0.05) is 0 Å². The molecule has 2 unspecified atom stereocenters. The first-order valence-electron chi connectivity index (χ1n) is 5.64. The second kappa shape index (κ2) is 5.98. The van der Waals surface area contributed by atoms with Gasteiger partial charge in [0.05, 0.1) is 0 Å². The van der Waals surface area contributed by atoms with Gasteiger partial charge >= 0.3 is 0 Å². The number of imidazole rings is 1. The number of nitrogens with one attached hydrogen (secondary N) is 1. The van der Waals surface area contributed by atoms with Crippen molar-refractivity contribution >= 4 is 23.5 Å². The molecule has 1 fully saturated rings. The number of likely N-dealkylation sites (N-methyl/N-ethyl adjacent to an activating group) is 1. The lowest BCUT2D eigenvalue weighted by Gasteiger charge is -2.29. The molecule has 1 aliphatic heterocycles. The van der Waals surface area contributed by atoms with E-state index in [-0.39, 0.29) is 0 Å². The Balaban J connectivity index is 1.97. The zero-order valence-corrected chi connectivity index (χ0v) is 11.5. The molecule has 0 aromatic carbocycles. The van der Waals surface area contributed by atoms with E-state index in [2.05, 4.69) is 52.5 Å². The summed E-state index contributed by atoms with van der Waals surface area (Å²) < 4.78 is 2.12. The van der Waals surface area contributed by atoms with Crippen LogP contribution in [0.3, 0.4) is 0 Å². The minimum absolute atomic E-state index is 0.541. The average Bonchev–Trinajstić information content (AvgIpc) is 2.73. The van der Waals surface area contributed by atoms with Gasteiger partial charge in [0.15, 0.2) is 0 Å². The van der Waals surface area contributed by atoms with E-state index in [1.54, 1.807) is 0 Å². The molecule has 0 amide bonds. The second-order valence-corrected chi connectivity index (χ2v) is 6.53. The van der Waals surface area contributed by atoms with Crippen LogP contribution in [0.2, 0.25) is 0 Å². The van der Waals surface area contributed by atoms with Gasteiger partial charge in [-0.2, -0.15) is 23.5 Å². The molecular weight excluding hydrogens is 238 g/mol. The first-order valence-corrected chi connectivity index (χ1v) is 7.84. The van der Waals surface area contributed by atoms with Crippen molar-refractivity contribution in [2.24, 2.45) is 7.05 Å². The van der Waals surface area contributed by atoms with Crippen molar-refractivity contribution in [1.82, 2.24) is 14.9 Å². The maximum atomic E-state index is 4.41. The van der Waals surface area contributed by atoms with Crippen LogP contribution in [-0.4, -0.2) is 45.1 Å². The number of nitrogens with zero attached hydrogens (tertiary/aromatic N) is 2. The Morgan fingerprint density at radius 1 is 1.62 bits per heavy atom. The molecule has 0 bridgehead atoms. The minimum Gasteiger partial charge on any atom is -0.338 e. The fourth-order valence-corrected chi connectivity index (χ4v) is 4.88. The highest BCUT2D eigenvalue weighted by atomic mass is 32.2. The number of rotatable bonds is 4. The molecule has 90 valence electrons. The van der Waals surface area contributed by atoms with Crippen molar-refractivity contribution in [3.8, 4) is 0 Å². The topological polar surface area (TPSA) is 29.9 Å². The molecule has 1 aromatic rings. The van der Waals surface area contributed by atoms with Crippen LogP contribution in [0, 0.1) is 0 Å². The molecule has 0 spiro atoms. The van der Waals surface area contributed by atoms with Crippen LogP contribution in [0.15, 0.2) is 12.4 Å². The largest absolute Gasteiger partial charge is 0.338 e. The van der Waals surface area contributed by atoms with Gasteiger partial charge in [-0.05, 0) is 7.05 Å². The molecule has 16 heavy (non-hydrogen) atoms. The Morgan fingerprint density at radius 3 is 3.06 bits per heavy atom. The van der Waals surface area contributed by atoms with E-state index in [1.807, 2.05) is 12.4 Å². The van der Waals surface area contributed by atoms with Crippen molar-refractivity contribution in [2.75, 3.05) is 24.3 Å². The van der Waals surface area contributed by atoms with Gasteiger partial charge in [-0.3, -0.25) is 0 Å². The van der Waals surface area contributed by atoms with Gasteiger partial charge in [0, 0.05) is 54.4 Å². The van der Waals surface area contributed by atoms with Gasteiger partial charge < -0.3 is 9.88 Å². The Bertz CT molecular complexity index is 321. The molecule has 5 heteroatoms. The summed E-state index contributed by atoms with van der Waals surface area (Å²) in [5, 5.41) is 4.17. The highest BCUT2D eigenvalue weighted by Gasteiger charge is 2.24. The first-order chi connectivity index (χ1) is 7.81. The average molecular weight is 257 g/mol. The lowest BCUT2D eigenvalue weighted by Crippen LogP contribution is -2.41. The predicted molar refractivity (Wildman–Crippen MR) is 73.3 cm³/mol. The van der Waals surface area contributed by atoms with E-state index in [0.717, 1.165) is 11.7 Å². The molecule has 2 heterocycles. The van der Waals surface area contributed by atoms with Crippen molar-refractivity contribution in [3.05, 3.63) is 18.2 Å². The van der Waals surface area contributed by atoms with Crippen molar-refractivity contribution < 1.29 is 0 Å². The van der Waals surface area contributed by atoms with Crippen LogP contribution in [0.25, 0.3) is 0 Å². The van der Waals surface area contributed by atoms with Gasteiger partial charge in [0.25, 0.3) is 0 Å². The van der Waals surface area contributed by atoms with Crippen LogP contribution in [0.4, 0.5) is 0 Å². The van der Waals surface area contributed by atoms with Crippen molar-refractivity contribution in [1.29, 1.82) is 0 Å². The van der Waals surface area contributed by atoms with E-state index < -0.39 is 0 Å². The standard InChI is InChI=1S/C11H19N3S2/c1-12-9(10-8-15-5-6-16-10)7-11-13-3-4-14(11)2/h3-4,9-10,12H,5-8H2,1-2H3. The van der Waals surface area contributed by atoms with Crippen LogP contribution >= 0.6 is 23.5 Å². The van der Waals surface area contributed by atoms with Crippen LogP contribution in [-0.2, 0) is 13.5 Å². The minimum atomic E-state index is 0.541. The number of thioether (sulfide) groups is 2. The summed E-state index contributed by atoms with van der Waals surface area (Å²) in [5.74, 6) is 5.03. The number of hydrogen-bond acceptors (Lipinski definition) is 4. The molecule has 0 aliphatic carbocycles. The second-order valence-electron chi connectivity index (χ2n) is 4.04.